The number of benzene rings is 2. The van der Waals surface area contributed by atoms with E-state index in [-0.39, 0.29) is 11.5 Å². The summed E-state index contributed by atoms with van der Waals surface area (Å²) in [5, 5.41) is 19.5. The Morgan fingerprint density at radius 1 is 1.05 bits per heavy atom. The smallest absolute Gasteiger partial charge is 0.294 e. The molecule has 0 aliphatic carbocycles. The van der Waals surface area contributed by atoms with E-state index in [1.807, 2.05) is 30.3 Å². The zero-order valence-corrected chi connectivity index (χ0v) is 11.5. The number of hydrogen-bond acceptors (Lipinski definition) is 4. The fourth-order valence-electron chi connectivity index (χ4n) is 2.01. The van der Waals surface area contributed by atoms with Crippen LogP contribution >= 0.6 is 0 Å². The van der Waals surface area contributed by atoms with Gasteiger partial charge >= 0.3 is 0 Å². The lowest BCUT2D eigenvalue weighted by Crippen LogP contribution is -2.02. The topological polar surface area (TPSA) is 94.8 Å². The Morgan fingerprint density at radius 2 is 1.65 bits per heavy atom. The molecule has 0 spiro atoms. The minimum Gasteiger partial charge on any atom is -0.504 e. The van der Waals surface area contributed by atoms with Crippen LogP contribution in [0.25, 0.3) is 0 Å². The Bertz CT molecular complexity index is 723. The second kappa shape index (κ2) is 5.15. The Labute approximate surface area is 116 Å². The standard InChI is InChI=1S/C14H14O5S/c1-9(10-5-3-2-4-6-10)12-7-11(20(17,18)19)8-13(15)14(12)16/h2-9,15-16H,1H3,(H,17,18,19). The summed E-state index contributed by atoms with van der Waals surface area (Å²) in [6.07, 6.45) is 0. The Morgan fingerprint density at radius 3 is 2.20 bits per heavy atom. The number of hydrogen-bond donors (Lipinski definition) is 3. The lowest BCUT2D eigenvalue weighted by molar-refractivity contribution is 0.396. The molecule has 5 nitrogen and oxygen atoms in total. The van der Waals surface area contributed by atoms with E-state index in [9.17, 15) is 18.6 Å². The number of aromatic hydroxyl groups is 2. The van der Waals surface area contributed by atoms with Crippen LogP contribution < -0.4 is 0 Å². The van der Waals surface area contributed by atoms with Gasteiger partial charge in [0.2, 0.25) is 0 Å². The molecule has 6 heteroatoms. The number of phenolic OH excluding ortho intramolecular Hbond substituents is 2. The van der Waals surface area contributed by atoms with Gasteiger partial charge in [0.25, 0.3) is 10.1 Å². The molecule has 106 valence electrons. The highest BCUT2D eigenvalue weighted by molar-refractivity contribution is 7.85. The Hall–Kier alpha value is -2.05. The van der Waals surface area contributed by atoms with Crippen LogP contribution in [0, 0.1) is 0 Å². The van der Waals surface area contributed by atoms with Crippen molar-refractivity contribution < 1.29 is 23.2 Å². The van der Waals surface area contributed by atoms with Gasteiger partial charge in [0.15, 0.2) is 11.5 Å². The van der Waals surface area contributed by atoms with E-state index in [2.05, 4.69) is 0 Å². The van der Waals surface area contributed by atoms with Crippen LogP contribution in [-0.2, 0) is 10.1 Å². The van der Waals surface area contributed by atoms with Crippen LogP contribution in [0.15, 0.2) is 47.4 Å². The van der Waals surface area contributed by atoms with Crippen molar-refractivity contribution in [3.63, 3.8) is 0 Å². The second-order valence-corrected chi connectivity index (χ2v) is 5.91. The molecule has 0 saturated heterocycles. The third kappa shape index (κ3) is 2.76. The molecular weight excluding hydrogens is 280 g/mol. The molecule has 0 aliphatic heterocycles. The molecule has 0 radical (unpaired) electrons. The van der Waals surface area contributed by atoms with Gasteiger partial charge in [-0.1, -0.05) is 37.3 Å². The van der Waals surface area contributed by atoms with Crippen molar-refractivity contribution in [1.82, 2.24) is 0 Å². The predicted molar refractivity (Wildman–Crippen MR) is 73.5 cm³/mol. The van der Waals surface area contributed by atoms with Crippen LogP contribution in [0.1, 0.15) is 24.0 Å². The third-order valence-electron chi connectivity index (χ3n) is 3.16. The molecule has 0 aliphatic rings. The zero-order chi connectivity index (χ0) is 14.9. The highest BCUT2D eigenvalue weighted by Gasteiger charge is 2.20. The Kier molecular flexibility index (Phi) is 3.69. The van der Waals surface area contributed by atoms with Gasteiger partial charge in [0, 0.05) is 17.5 Å². The van der Waals surface area contributed by atoms with Gasteiger partial charge in [-0.25, -0.2) is 0 Å². The van der Waals surface area contributed by atoms with Crippen molar-refractivity contribution in [2.45, 2.75) is 17.7 Å². The first kappa shape index (κ1) is 14.4. The average molecular weight is 294 g/mol. The van der Waals surface area contributed by atoms with Gasteiger partial charge in [0.1, 0.15) is 0 Å². The molecule has 1 unspecified atom stereocenters. The monoisotopic (exact) mass is 294 g/mol. The summed E-state index contributed by atoms with van der Waals surface area (Å²) >= 11 is 0. The van der Waals surface area contributed by atoms with Crippen molar-refractivity contribution in [3.8, 4) is 11.5 Å². The molecule has 1 atom stereocenters. The highest BCUT2D eigenvalue weighted by atomic mass is 32.2. The van der Waals surface area contributed by atoms with Crippen LogP contribution in [0.2, 0.25) is 0 Å². The maximum atomic E-state index is 11.2. The van der Waals surface area contributed by atoms with Crippen LogP contribution in [0.4, 0.5) is 0 Å². The Balaban J connectivity index is 2.59. The summed E-state index contributed by atoms with van der Waals surface area (Å²) in [6.45, 7) is 1.76. The van der Waals surface area contributed by atoms with Gasteiger partial charge in [-0.15, -0.1) is 0 Å². The van der Waals surface area contributed by atoms with Gasteiger partial charge in [-0.3, -0.25) is 4.55 Å². The summed E-state index contributed by atoms with van der Waals surface area (Å²) in [4.78, 5) is -0.453. The normalized spacial score (nSPS) is 13.1. The van der Waals surface area contributed by atoms with Crippen molar-refractivity contribution in [2.24, 2.45) is 0 Å². The van der Waals surface area contributed by atoms with E-state index in [1.54, 1.807) is 6.92 Å². The van der Waals surface area contributed by atoms with Crippen molar-refractivity contribution in [2.75, 3.05) is 0 Å². The lowest BCUT2D eigenvalue weighted by atomic mass is 9.92. The molecule has 20 heavy (non-hydrogen) atoms. The van der Waals surface area contributed by atoms with E-state index in [4.69, 9.17) is 4.55 Å². The fourth-order valence-corrected chi connectivity index (χ4v) is 2.55. The molecule has 2 rings (SSSR count). The SMILES string of the molecule is CC(c1ccccc1)c1cc(S(=O)(=O)O)cc(O)c1O. The first-order valence-electron chi connectivity index (χ1n) is 5.89. The zero-order valence-electron chi connectivity index (χ0n) is 10.7. The van der Waals surface area contributed by atoms with E-state index in [0.29, 0.717) is 0 Å². The van der Waals surface area contributed by atoms with E-state index in [0.717, 1.165) is 17.7 Å². The van der Waals surface area contributed by atoms with Gasteiger partial charge in [-0.05, 0) is 11.6 Å². The molecule has 2 aromatic rings. The first-order valence-corrected chi connectivity index (χ1v) is 7.33. The summed E-state index contributed by atoms with van der Waals surface area (Å²) in [5.41, 5.74) is 1.07. The minimum absolute atomic E-state index is 0.226. The molecule has 0 heterocycles. The van der Waals surface area contributed by atoms with Crippen LogP contribution in [0.5, 0.6) is 11.5 Å². The molecule has 0 bridgehead atoms. The van der Waals surface area contributed by atoms with Crippen molar-refractivity contribution in [3.05, 3.63) is 53.6 Å². The summed E-state index contributed by atoms with van der Waals surface area (Å²) in [5.74, 6) is -1.32. The van der Waals surface area contributed by atoms with Crippen molar-refractivity contribution >= 4 is 10.1 Å². The van der Waals surface area contributed by atoms with E-state index in [1.165, 1.54) is 0 Å². The fraction of sp³-hybridized carbons (Fsp3) is 0.143. The third-order valence-corrected chi connectivity index (χ3v) is 3.99. The van der Waals surface area contributed by atoms with Gasteiger partial charge < -0.3 is 10.2 Å². The van der Waals surface area contributed by atoms with Gasteiger partial charge in [0.05, 0.1) is 4.90 Å². The summed E-state index contributed by atoms with van der Waals surface area (Å²) < 4.78 is 31.4. The minimum atomic E-state index is -4.45. The van der Waals surface area contributed by atoms with Crippen LogP contribution in [0.3, 0.4) is 0 Å². The molecule has 0 aromatic heterocycles. The summed E-state index contributed by atoms with van der Waals surface area (Å²) in [7, 11) is -4.45. The van der Waals surface area contributed by atoms with Crippen LogP contribution in [-0.4, -0.2) is 23.2 Å². The number of rotatable bonds is 3. The van der Waals surface area contributed by atoms with E-state index < -0.39 is 26.5 Å². The molecule has 0 amide bonds. The number of phenols is 2. The van der Waals surface area contributed by atoms with E-state index >= 15 is 0 Å². The molecule has 0 saturated carbocycles. The largest absolute Gasteiger partial charge is 0.504 e. The highest BCUT2D eigenvalue weighted by Crippen LogP contribution is 2.38. The molecule has 3 N–H and O–H groups in total. The maximum Gasteiger partial charge on any atom is 0.294 e. The van der Waals surface area contributed by atoms with Crippen molar-refractivity contribution in [1.29, 1.82) is 0 Å². The van der Waals surface area contributed by atoms with Gasteiger partial charge in [-0.2, -0.15) is 8.42 Å². The quantitative estimate of drug-likeness (QED) is 0.597. The molecule has 2 aromatic carbocycles. The first-order chi connectivity index (χ1) is 9.30. The lowest BCUT2D eigenvalue weighted by Gasteiger charge is -2.15. The molecule has 0 fully saturated rings. The molecular formula is C14H14O5S. The average Bonchev–Trinajstić information content (AvgIpc) is 2.40. The summed E-state index contributed by atoms with van der Waals surface area (Å²) in [6, 6.07) is 11.1. The predicted octanol–water partition coefficient (Wildman–Crippen LogP) is 2.50. The maximum absolute atomic E-state index is 11.2. The second-order valence-electron chi connectivity index (χ2n) is 4.49.